The van der Waals surface area contributed by atoms with Gasteiger partial charge in [-0.05, 0) is 123 Å². The lowest BCUT2D eigenvalue weighted by Crippen LogP contribution is -2.28. The van der Waals surface area contributed by atoms with Crippen molar-refractivity contribution in [2.75, 3.05) is 4.90 Å². The van der Waals surface area contributed by atoms with Crippen LogP contribution in [0.1, 0.15) is 22.3 Å². The molecule has 68 heavy (non-hydrogen) atoms. The lowest BCUT2D eigenvalue weighted by atomic mass is 9.67. The van der Waals surface area contributed by atoms with Crippen molar-refractivity contribution in [1.29, 1.82) is 0 Å². The Balaban J connectivity index is 1.03. The molecule has 3 nitrogen and oxygen atoms in total. The number of furan rings is 1. The van der Waals surface area contributed by atoms with Gasteiger partial charge < -0.3 is 13.9 Å². The quantitative estimate of drug-likeness (QED) is 0.159. The highest BCUT2D eigenvalue weighted by Gasteiger charge is 2.46. The van der Waals surface area contributed by atoms with Gasteiger partial charge in [-0.1, -0.05) is 182 Å². The molecular weight excluding hydrogens is 825 g/mol. The third-order valence-electron chi connectivity index (χ3n) is 14.4. The van der Waals surface area contributed by atoms with E-state index in [9.17, 15) is 0 Å². The Hall–Kier alpha value is -8.92. The van der Waals surface area contributed by atoms with Crippen LogP contribution in [0.3, 0.4) is 0 Å². The monoisotopic (exact) mass is 866 g/mol. The van der Waals surface area contributed by atoms with Crippen molar-refractivity contribution in [1.82, 2.24) is 4.57 Å². The predicted octanol–water partition coefficient (Wildman–Crippen LogP) is 17.3. The molecular formula is C65H42N2O. The first-order valence-electron chi connectivity index (χ1n) is 23.4. The van der Waals surface area contributed by atoms with Crippen LogP contribution in [0.4, 0.5) is 17.1 Å². The van der Waals surface area contributed by atoms with Crippen LogP contribution in [0.5, 0.6) is 0 Å². The van der Waals surface area contributed by atoms with Gasteiger partial charge in [-0.3, -0.25) is 0 Å². The lowest BCUT2D eigenvalue weighted by Gasteiger charge is -2.35. The average Bonchev–Trinajstić information content (AvgIpc) is 4.04. The maximum atomic E-state index is 6.53. The molecule has 0 bridgehead atoms. The molecule has 13 aromatic rings. The van der Waals surface area contributed by atoms with Gasteiger partial charge in [0.05, 0.1) is 22.1 Å². The van der Waals surface area contributed by atoms with Crippen molar-refractivity contribution in [3.63, 3.8) is 0 Å². The number of benzene rings is 11. The molecule has 0 atom stereocenters. The summed E-state index contributed by atoms with van der Waals surface area (Å²) in [6.45, 7) is 0. The molecule has 2 aromatic heterocycles. The van der Waals surface area contributed by atoms with E-state index in [0.29, 0.717) is 0 Å². The SMILES string of the molecule is c1ccc(C2(c3ccccc3)c3ccccc3-c3ccc(N(c4cccc(-n5c6ccccc6c6ccccc65)c4)c4ccccc4-c4ccc5oc6cc7ccccc7cc6c5c4)cc32)cc1. The second-order valence-electron chi connectivity index (χ2n) is 18.0. The summed E-state index contributed by atoms with van der Waals surface area (Å²) in [4.78, 5) is 2.47. The Labute approximate surface area is 394 Å². The average molecular weight is 867 g/mol. The van der Waals surface area contributed by atoms with Crippen LogP contribution >= 0.6 is 0 Å². The highest BCUT2D eigenvalue weighted by atomic mass is 16.3. The van der Waals surface area contributed by atoms with Crippen molar-refractivity contribution >= 4 is 71.6 Å². The van der Waals surface area contributed by atoms with Crippen LogP contribution in [0.25, 0.3) is 82.5 Å². The summed E-state index contributed by atoms with van der Waals surface area (Å²) in [5.41, 5.74) is 17.6. The highest BCUT2D eigenvalue weighted by Crippen LogP contribution is 2.57. The van der Waals surface area contributed by atoms with Crippen molar-refractivity contribution in [2.45, 2.75) is 5.41 Å². The molecule has 11 aromatic carbocycles. The van der Waals surface area contributed by atoms with E-state index in [1.807, 2.05) is 0 Å². The fourth-order valence-corrected chi connectivity index (χ4v) is 11.5. The number of para-hydroxylation sites is 3. The molecule has 0 unspecified atom stereocenters. The minimum absolute atomic E-state index is 0.558. The molecule has 0 spiro atoms. The molecule has 14 rings (SSSR count). The van der Waals surface area contributed by atoms with E-state index in [1.54, 1.807) is 0 Å². The first-order chi connectivity index (χ1) is 33.7. The Morgan fingerprint density at radius 3 is 1.69 bits per heavy atom. The van der Waals surface area contributed by atoms with Crippen molar-refractivity contribution < 1.29 is 4.42 Å². The lowest BCUT2D eigenvalue weighted by molar-refractivity contribution is 0.669. The highest BCUT2D eigenvalue weighted by molar-refractivity contribution is 6.12. The first kappa shape index (κ1) is 38.4. The molecule has 0 N–H and O–H groups in total. The zero-order chi connectivity index (χ0) is 44.8. The predicted molar refractivity (Wildman–Crippen MR) is 283 cm³/mol. The van der Waals surface area contributed by atoms with Gasteiger partial charge in [0.25, 0.3) is 0 Å². The topological polar surface area (TPSA) is 21.3 Å². The van der Waals surface area contributed by atoms with Crippen LogP contribution < -0.4 is 4.90 Å². The van der Waals surface area contributed by atoms with E-state index in [4.69, 9.17) is 4.42 Å². The molecule has 0 amide bonds. The van der Waals surface area contributed by atoms with Gasteiger partial charge in [-0.25, -0.2) is 0 Å². The first-order valence-corrected chi connectivity index (χ1v) is 23.4. The number of aromatic nitrogens is 1. The molecule has 3 heteroatoms. The van der Waals surface area contributed by atoms with Gasteiger partial charge in [0, 0.05) is 44.2 Å². The smallest absolute Gasteiger partial charge is 0.136 e. The Kier molecular flexibility index (Phi) is 8.50. The Bertz CT molecular complexity index is 4010. The Morgan fingerprint density at radius 2 is 0.941 bits per heavy atom. The van der Waals surface area contributed by atoms with Gasteiger partial charge in [-0.2, -0.15) is 0 Å². The molecule has 0 radical (unpaired) electrons. The van der Waals surface area contributed by atoms with Crippen LogP contribution in [0.2, 0.25) is 0 Å². The normalized spacial score (nSPS) is 12.8. The molecule has 1 aliphatic carbocycles. The Morgan fingerprint density at radius 1 is 0.353 bits per heavy atom. The number of hydrogen-bond acceptors (Lipinski definition) is 2. The van der Waals surface area contributed by atoms with E-state index >= 15 is 0 Å². The maximum absolute atomic E-state index is 6.53. The van der Waals surface area contributed by atoms with Crippen LogP contribution in [-0.2, 0) is 5.41 Å². The molecule has 0 fully saturated rings. The number of hydrogen-bond donors (Lipinski definition) is 0. The summed E-state index contributed by atoms with van der Waals surface area (Å²) in [5, 5.41) is 7.06. The minimum Gasteiger partial charge on any atom is -0.456 e. The molecule has 1 aliphatic rings. The zero-order valence-electron chi connectivity index (χ0n) is 37.1. The second-order valence-corrected chi connectivity index (χ2v) is 18.0. The fraction of sp³-hybridized carbons (Fsp3) is 0.0154. The second kappa shape index (κ2) is 15.1. The van der Waals surface area contributed by atoms with E-state index in [0.717, 1.165) is 55.8 Å². The third kappa shape index (κ3) is 5.66. The van der Waals surface area contributed by atoms with E-state index in [2.05, 4.69) is 264 Å². The number of rotatable bonds is 7. The minimum atomic E-state index is -0.558. The summed E-state index contributed by atoms with van der Waals surface area (Å²) in [7, 11) is 0. The van der Waals surface area contributed by atoms with Crippen LogP contribution in [0.15, 0.2) is 259 Å². The van der Waals surface area contributed by atoms with Crippen LogP contribution in [0, 0.1) is 0 Å². The van der Waals surface area contributed by atoms with Gasteiger partial charge in [-0.15, -0.1) is 0 Å². The van der Waals surface area contributed by atoms with Crippen LogP contribution in [-0.4, -0.2) is 4.57 Å². The van der Waals surface area contributed by atoms with Gasteiger partial charge >= 0.3 is 0 Å². The standard InChI is InChI=1S/C65H42N2O/c1-3-20-46(21-4-1)65(47-22-5-2-6-23-47)58-30-13-9-27-52(58)53-36-35-50(42-59(53)65)66(48-24-17-25-49(41-48)67-61-32-15-11-28-54(61)55-29-12-16-33-62(55)67)60-31-14-10-26-51(60)45-34-37-63-56(39-45)57-38-43-18-7-8-19-44(43)40-64(57)68-63/h1-42H. The molecule has 2 heterocycles. The van der Waals surface area contributed by atoms with E-state index in [-0.39, 0.29) is 0 Å². The summed E-state index contributed by atoms with van der Waals surface area (Å²) >= 11 is 0. The summed E-state index contributed by atoms with van der Waals surface area (Å²) in [6, 6.07) is 93.3. The van der Waals surface area contributed by atoms with Gasteiger partial charge in [0.15, 0.2) is 0 Å². The molecule has 318 valence electrons. The number of nitrogens with zero attached hydrogens (tertiary/aromatic N) is 2. The molecule has 0 saturated carbocycles. The van der Waals surface area contributed by atoms with E-state index < -0.39 is 5.41 Å². The van der Waals surface area contributed by atoms with Crippen molar-refractivity contribution in [3.05, 3.63) is 277 Å². The van der Waals surface area contributed by atoms with Crippen molar-refractivity contribution in [3.8, 4) is 27.9 Å². The number of anilines is 3. The zero-order valence-corrected chi connectivity index (χ0v) is 37.1. The third-order valence-corrected chi connectivity index (χ3v) is 14.4. The maximum Gasteiger partial charge on any atom is 0.136 e. The largest absolute Gasteiger partial charge is 0.456 e. The summed E-state index contributed by atoms with van der Waals surface area (Å²) in [5.74, 6) is 0. The van der Waals surface area contributed by atoms with Crippen molar-refractivity contribution in [2.24, 2.45) is 0 Å². The fourth-order valence-electron chi connectivity index (χ4n) is 11.5. The molecule has 0 aliphatic heterocycles. The molecule has 0 saturated heterocycles. The summed E-state index contributed by atoms with van der Waals surface area (Å²) < 4.78 is 8.94. The van der Waals surface area contributed by atoms with E-state index in [1.165, 1.54) is 66.0 Å². The van der Waals surface area contributed by atoms with Gasteiger partial charge in [0.1, 0.15) is 11.2 Å². The summed E-state index contributed by atoms with van der Waals surface area (Å²) in [6.07, 6.45) is 0. The van der Waals surface area contributed by atoms with Gasteiger partial charge in [0.2, 0.25) is 0 Å². The number of fused-ring (bicyclic) bond motifs is 10.